The maximum atomic E-state index is 6.31. The van der Waals surface area contributed by atoms with Gasteiger partial charge in [-0.05, 0) is 161 Å². The number of para-hydroxylation sites is 1. The molecule has 0 saturated heterocycles. The van der Waals surface area contributed by atoms with Crippen molar-refractivity contribution in [2.24, 2.45) is 0 Å². The van der Waals surface area contributed by atoms with Crippen LogP contribution in [0.15, 0.2) is 217 Å². The first-order valence-electron chi connectivity index (χ1n) is 23.1. The van der Waals surface area contributed by atoms with Gasteiger partial charge in [0, 0.05) is 38.7 Å². The zero-order chi connectivity index (χ0) is 44.3. The van der Waals surface area contributed by atoms with E-state index in [-0.39, 0.29) is 10.8 Å². The molecule has 13 rings (SSSR count). The summed E-state index contributed by atoms with van der Waals surface area (Å²) in [5.74, 6) is 0. The van der Waals surface area contributed by atoms with E-state index >= 15 is 0 Å². The van der Waals surface area contributed by atoms with Crippen LogP contribution in [0.2, 0.25) is 0 Å². The average molecular weight is 846 g/mol. The van der Waals surface area contributed by atoms with Crippen molar-refractivity contribution in [1.29, 1.82) is 0 Å². The standard InChI is InChI=1S/C64H47NO/c1-63(2)57-35-45(40-12-6-5-7-13-40)22-29-51(57)53-32-27-49(38-59(53)63)65(48-25-20-42(21-26-48)47-24-31-56-55-16-10-11-17-61(55)66-62(56)37-47)50-28-33-54-52-30-23-46(36-58(52)64(3,4)60(54)39-50)44-19-18-41-14-8-9-15-43(41)34-44/h5-39H,1-4H3. The summed E-state index contributed by atoms with van der Waals surface area (Å²) in [5.41, 5.74) is 22.7. The Balaban J connectivity index is 0.916. The predicted octanol–water partition coefficient (Wildman–Crippen LogP) is 17.8. The maximum Gasteiger partial charge on any atom is 0.136 e. The molecule has 11 aromatic rings. The van der Waals surface area contributed by atoms with Crippen LogP contribution in [0.4, 0.5) is 17.1 Å². The molecule has 0 bridgehead atoms. The lowest BCUT2D eigenvalue weighted by Gasteiger charge is -2.30. The number of hydrogen-bond acceptors (Lipinski definition) is 2. The maximum absolute atomic E-state index is 6.31. The molecule has 1 aromatic heterocycles. The SMILES string of the molecule is CC1(C)c2cc(-c3ccccc3)ccc2-c2ccc(N(c3ccc(-c4ccc5c(c4)oc4ccccc45)cc3)c3ccc4c(c3)C(C)(C)c3cc(-c5ccc6ccccc6c5)ccc3-4)cc21. The normalized spacial score (nSPS) is 14.0. The molecule has 2 aliphatic rings. The molecule has 0 spiro atoms. The van der Waals surface area contributed by atoms with Crippen LogP contribution in [0.1, 0.15) is 49.9 Å². The van der Waals surface area contributed by atoms with Gasteiger partial charge in [-0.25, -0.2) is 0 Å². The minimum atomic E-state index is -0.212. The van der Waals surface area contributed by atoms with E-state index in [0.29, 0.717) is 0 Å². The third-order valence-electron chi connectivity index (χ3n) is 14.9. The first-order chi connectivity index (χ1) is 32.2. The van der Waals surface area contributed by atoms with Crippen LogP contribution >= 0.6 is 0 Å². The van der Waals surface area contributed by atoms with Crippen LogP contribution in [-0.4, -0.2) is 0 Å². The molecular weight excluding hydrogens is 799 g/mol. The Labute approximate surface area is 386 Å². The van der Waals surface area contributed by atoms with Gasteiger partial charge < -0.3 is 9.32 Å². The molecule has 0 saturated carbocycles. The fourth-order valence-corrected chi connectivity index (χ4v) is 11.2. The van der Waals surface area contributed by atoms with Gasteiger partial charge in [0.2, 0.25) is 0 Å². The highest BCUT2D eigenvalue weighted by atomic mass is 16.3. The first kappa shape index (κ1) is 38.5. The molecule has 0 aliphatic heterocycles. The van der Waals surface area contributed by atoms with Crippen molar-refractivity contribution in [2.45, 2.75) is 38.5 Å². The molecule has 0 fully saturated rings. The Kier molecular flexibility index (Phi) is 8.33. The largest absolute Gasteiger partial charge is 0.456 e. The second-order valence-electron chi connectivity index (χ2n) is 19.3. The molecule has 2 aliphatic carbocycles. The van der Waals surface area contributed by atoms with Gasteiger partial charge in [-0.3, -0.25) is 0 Å². The molecule has 0 N–H and O–H groups in total. The predicted molar refractivity (Wildman–Crippen MR) is 277 cm³/mol. The molecule has 1 heterocycles. The topological polar surface area (TPSA) is 16.4 Å². The zero-order valence-corrected chi connectivity index (χ0v) is 37.6. The molecule has 66 heavy (non-hydrogen) atoms. The smallest absolute Gasteiger partial charge is 0.136 e. The van der Waals surface area contributed by atoms with Gasteiger partial charge in [0.1, 0.15) is 11.2 Å². The minimum absolute atomic E-state index is 0.194. The monoisotopic (exact) mass is 845 g/mol. The van der Waals surface area contributed by atoms with Crippen LogP contribution in [-0.2, 0) is 10.8 Å². The van der Waals surface area contributed by atoms with Gasteiger partial charge in [-0.2, -0.15) is 0 Å². The second-order valence-corrected chi connectivity index (χ2v) is 19.3. The Morgan fingerprint density at radius 3 is 1.41 bits per heavy atom. The van der Waals surface area contributed by atoms with Crippen molar-refractivity contribution in [2.75, 3.05) is 4.90 Å². The Morgan fingerprint density at radius 1 is 0.303 bits per heavy atom. The highest BCUT2D eigenvalue weighted by Gasteiger charge is 2.38. The van der Waals surface area contributed by atoms with E-state index in [9.17, 15) is 0 Å². The quantitative estimate of drug-likeness (QED) is 0.166. The number of hydrogen-bond donors (Lipinski definition) is 0. The summed E-state index contributed by atoms with van der Waals surface area (Å²) in [6, 6.07) is 78.5. The highest BCUT2D eigenvalue weighted by molar-refractivity contribution is 6.06. The van der Waals surface area contributed by atoms with Crippen LogP contribution in [0.3, 0.4) is 0 Å². The Hall–Kier alpha value is -7.94. The number of rotatable bonds is 6. The van der Waals surface area contributed by atoms with E-state index in [1.165, 1.54) is 77.5 Å². The van der Waals surface area contributed by atoms with Crippen molar-refractivity contribution in [1.82, 2.24) is 0 Å². The van der Waals surface area contributed by atoms with Crippen molar-refractivity contribution in [3.8, 4) is 55.6 Å². The number of nitrogens with zero attached hydrogens (tertiary/aromatic N) is 1. The lowest BCUT2D eigenvalue weighted by atomic mass is 9.81. The fraction of sp³-hybridized carbons (Fsp3) is 0.0938. The molecular formula is C64H47NO. The van der Waals surface area contributed by atoms with Crippen LogP contribution in [0.25, 0.3) is 88.3 Å². The van der Waals surface area contributed by atoms with Gasteiger partial charge >= 0.3 is 0 Å². The lowest BCUT2D eigenvalue weighted by Crippen LogP contribution is -2.18. The molecule has 0 amide bonds. The van der Waals surface area contributed by atoms with E-state index in [1.54, 1.807) is 0 Å². The van der Waals surface area contributed by atoms with Gasteiger partial charge in [0.15, 0.2) is 0 Å². The van der Waals surface area contributed by atoms with Crippen LogP contribution in [0.5, 0.6) is 0 Å². The third-order valence-corrected chi connectivity index (χ3v) is 14.9. The second kappa shape index (κ2) is 14.3. The molecule has 0 atom stereocenters. The molecule has 314 valence electrons. The van der Waals surface area contributed by atoms with E-state index in [0.717, 1.165) is 50.1 Å². The third kappa shape index (κ3) is 5.88. The summed E-state index contributed by atoms with van der Waals surface area (Å²) in [4.78, 5) is 2.46. The minimum Gasteiger partial charge on any atom is -0.456 e. The summed E-state index contributed by atoms with van der Waals surface area (Å²) in [6.45, 7) is 9.55. The van der Waals surface area contributed by atoms with Crippen molar-refractivity contribution in [3.05, 3.63) is 235 Å². The summed E-state index contributed by atoms with van der Waals surface area (Å²) >= 11 is 0. The zero-order valence-electron chi connectivity index (χ0n) is 37.6. The lowest BCUT2D eigenvalue weighted by molar-refractivity contribution is 0.660. The van der Waals surface area contributed by atoms with E-state index in [1.807, 2.05) is 12.1 Å². The van der Waals surface area contributed by atoms with E-state index in [4.69, 9.17) is 4.42 Å². The van der Waals surface area contributed by atoms with Gasteiger partial charge in [0.25, 0.3) is 0 Å². The van der Waals surface area contributed by atoms with Crippen LogP contribution in [0, 0.1) is 0 Å². The van der Waals surface area contributed by atoms with Crippen molar-refractivity contribution >= 4 is 49.8 Å². The Morgan fingerprint density at radius 2 is 0.742 bits per heavy atom. The molecule has 2 heteroatoms. The van der Waals surface area contributed by atoms with E-state index in [2.05, 4.69) is 233 Å². The summed E-state index contributed by atoms with van der Waals surface area (Å²) in [7, 11) is 0. The van der Waals surface area contributed by atoms with Crippen molar-refractivity contribution < 1.29 is 4.42 Å². The number of fused-ring (bicyclic) bond motifs is 10. The molecule has 0 radical (unpaired) electrons. The van der Waals surface area contributed by atoms with Crippen molar-refractivity contribution in [3.63, 3.8) is 0 Å². The van der Waals surface area contributed by atoms with Crippen LogP contribution < -0.4 is 4.90 Å². The van der Waals surface area contributed by atoms with E-state index < -0.39 is 0 Å². The Bertz CT molecular complexity index is 3760. The van der Waals surface area contributed by atoms with Gasteiger partial charge in [-0.15, -0.1) is 0 Å². The number of benzene rings is 10. The molecule has 0 unspecified atom stereocenters. The number of anilines is 3. The van der Waals surface area contributed by atoms with Gasteiger partial charge in [-0.1, -0.05) is 167 Å². The first-order valence-corrected chi connectivity index (χ1v) is 23.1. The summed E-state index contributed by atoms with van der Waals surface area (Å²) in [5, 5.41) is 4.81. The molecule has 2 nitrogen and oxygen atoms in total. The summed E-state index contributed by atoms with van der Waals surface area (Å²) in [6.07, 6.45) is 0. The fourth-order valence-electron chi connectivity index (χ4n) is 11.2. The molecule has 10 aromatic carbocycles. The van der Waals surface area contributed by atoms with Gasteiger partial charge in [0.05, 0.1) is 0 Å². The summed E-state index contributed by atoms with van der Waals surface area (Å²) < 4.78 is 6.31. The average Bonchev–Trinajstić information content (AvgIpc) is 3.92. The highest BCUT2D eigenvalue weighted by Crippen LogP contribution is 2.54. The number of furan rings is 1.